The summed E-state index contributed by atoms with van der Waals surface area (Å²) >= 11 is 0. The second kappa shape index (κ2) is 48.1. The number of hydrogen-bond donors (Lipinski definition) is 3. The summed E-state index contributed by atoms with van der Waals surface area (Å²) in [6.07, 6.45) is 13.3. The van der Waals surface area contributed by atoms with E-state index in [1.165, 1.54) is 121 Å². The molecule has 386 valence electrons. The molecule has 0 heterocycles. The van der Waals surface area contributed by atoms with Gasteiger partial charge in [0.05, 0.1) is 37.5 Å². The van der Waals surface area contributed by atoms with Gasteiger partial charge in [0.2, 0.25) is 0 Å². The highest BCUT2D eigenvalue weighted by atomic mass is 28.4. The SMILES string of the molecule is COO.COO.COO.CO[Si](CCC[Si](CCCCCCC[Si](CCCO[SiH3])(CCCO[SiH3])CCCO[SiH3])(CCC[Si](OC)(OC)OC)CCC[Si](OC)(OC)OC)(OC)OC. The molecular weight excluding hydrogens is 957 g/mol. The summed E-state index contributed by atoms with van der Waals surface area (Å²) in [4.78, 5) is 9.75. The van der Waals surface area contributed by atoms with Crippen LogP contribution < -0.4 is 0 Å². The van der Waals surface area contributed by atoms with Crippen LogP contribution in [0.2, 0.25) is 66.5 Å². The lowest BCUT2D eigenvalue weighted by Gasteiger charge is -2.35. The van der Waals surface area contributed by atoms with Crippen molar-refractivity contribution in [3.05, 3.63) is 0 Å². The lowest BCUT2D eigenvalue weighted by atomic mass is 10.2. The summed E-state index contributed by atoms with van der Waals surface area (Å²) in [7, 11) is 10.3. The molecule has 0 amide bonds. The van der Waals surface area contributed by atoms with Crippen LogP contribution >= 0.6 is 0 Å². The minimum Gasteiger partial charge on any atom is -0.428 e. The van der Waals surface area contributed by atoms with E-state index in [-0.39, 0.29) is 0 Å². The molecule has 0 radical (unpaired) electrons. The molecule has 63 heavy (non-hydrogen) atoms. The highest BCUT2D eigenvalue weighted by molar-refractivity contribution is 6.80. The van der Waals surface area contributed by atoms with E-state index < -0.39 is 42.6 Å². The van der Waals surface area contributed by atoms with Gasteiger partial charge in [-0.15, -0.1) is 0 Å². The zero-order chi connectivity index (χ0) is 48.8. The average Bonchev–Trinajstić information content (AvgIpc) is 3.29. The third kappa shape index (κ3) is 34.9. The Morgan fingerprint density at radius 3 is 0.635 bits per heavy atom. The van der Waals surface area contributed by atoms with E-state index in [0.29, 0.717) is 0 Å². The minimum absolute atomic E-state index is 0.821. The maximum Gasteiger partial charge on any atom is 0.500 e. The first kappa shape index (κ1) is 70.6. The molecule has 0 saturated carbocycles. The van der Waals surface area contributed by atoms with Crippen molar-refractivity contribution in [3.8, 4) is 0 Å². The lowest BCUT2D eigenvalue weighted by molar-refractivity contribution is -0.215. The topological polar surface area (TPSA) is 199 Å². The number of hydrogen-bond acceptors (Lipinski definition) is 18. The highest BCUT2D eigenvalue weighted by Crippen LogP contribution is 2.38. The molecule has 0 aliphatic carbocycles. The van der Waals surface area contributed by atoms with Crippen molar-refractivity contribution >= 4 is 74.0 Å². The molecule has 0 aliphatic rings. The van der Waals surface area contributed by atoms with E-state index in [4.69, 9.17) is 68.9 Å². The lowest BCUT2D eigenvalue weighted by Crippen LogP contribution is -2.45. The molecule has 0 rings (SSSR count). The van der Waals surface area contributed by atoms with E-state index in [1.54, 1.807) is 64.0 Å². The molecule has 0 aliphatic heterocycles. The molecule has 0 fully saturated rings. The van der Waals surface area contributed by atoms with Gasteiger partial charge >= 0.3 is 26.4 Å². The summed E-state index contributed by atoms with van der Waals surface area (Å²) in [5, 5.41) is 21.2. The molecule has 0 aromatic carbocycles. The van der Waals surface area contributed by atoms with E-state index in [2.05, 4.69) is 14.7 Å². The van der Waals surface area contributed by atoms with Crippen molar-refractivity contribution in [2.75, 3.05) is 105 Å². The molecule has 0 aromatic heterocycles. The fourth-order valence-corrected chi connectivity index (χ4v) is 26.1. The summed E-state index contributed by atoms with van der Waals surface area (Å²) in [5.74, 6) is 0. The molecule has 0 spiro atoms. The van der Waals surface area contributed by atoms with Crippen molar-refractivity contribution in [2.45, 2.75) is 137 Å². The fourth-order valence-electron chi connectivity index (χ4n) is 8.51. The van der Waals surface area contributed by atoms with Crippen molar-refractivity contribution in [3.63, 3.8) is 0 Å². The molecule has 0 bridgehead atoms. The van der Waals surface area contributed by atoms with Crippen molar-refractivity contribution in [1.29, 1.82) is 0 Å². The second-order valence-electron chi connectivity index (χ2n) is 15.6. The highest BCUT2D eigenvalue weighted by Gasteiger charge is 2.43. The van der Waals surface area contributed by atoms with Gasteiger partial charge in [0, 0.05) is 102 Å². The standard InChI is InChI=1S/C34H86O12Si8.3CH4O2/c1-35-52(36-2,37-3)32-18-29-51(30-19-33-53(38-4,39-5)40-6,31-20-34-54(41-7,42-8)43-9)25-14-12-10-11-13-24-50(26-15-21-44-47,27-16-22-45-48)28-17-23-46-49;3*1-3-2/h10-34H2,1-9,47-49H3;3*2H,1H3. The van der Waals surface area contributed by atoms with Crippen LogP contribution in [-0.2, 0) is 67.8 Å². The molecule has 0 atom stereocenters. The maximum atomic E-state index is 7.07. The quantitative estimate of drug-likeness (QED) is 0.0319. The van der Waals surface area contributed by atoms with Crippen LogP contribution in [0.25, 0.3) is 0 Å². The van der Waals surface area contributed by atoms with Crippen LogP contribution in [0.5, 0.6) is 0 Å². The molecular formula is C37H98O18Si8. The summed E-state index contributed by atoms with van der Waals surface area (Å²) in [6, 6.07) is 13.0. The maximum absolute atomic E-state index is 7.07. The zero-order valence-electron chi connectivity index (χ0n) is 42.6. The monoisotopic (exact) mass is 1050 g/mol. The molecule has 0 aromatic rings. The van der Waals surface area contributed by atoms with Crippen LogP contribution in [-0.4, -0.2) is 195 Å². The second-order valence-corrected chi connectivity index (χ2v) is 36.6. The third-order valence-electron chi connectivity index (χ3n) is 12.0. The first-order chi connectivity index (χ1) is 30.3. The van der Waals surface area contributed by atoms with Gasteiger partial charge in [0.1, 0.15) is 31.5 Å². The van der Waals surface area contributed by atoms with Gasteiger partial charge < -0.3 is 53.1 Å². The van der Waals surface area contributed by atoms with Gasteiger partial charge in [-0.05, 0) is 19.3 Å². The first-order valence-electron chi connectivity index (χ1n) is 22.3. The summed E-state index contributed by atoms with van der Waals surface area (Å²) < 4.78 is 69.5. The van der Waals surface area contributed by atoms with Gasteiger partial charge in [-0.1, -0.05) is 99.7 Å². The van der Waals surface area contributed by atoms with E-state index in [1.807, 2.05) is 0 Å². The summed E-state index contributed by atoms with van der Waals surface area (Å²) in [6.45, 7) is 2.80. The predicted octanol–water partition coefficient (Wildman–Crippen LogP) is 5.02. The normalized spacial score (nSPS) is 13.2. The molecule has 0 unspecified atom stereocenters. The van der Waals surface area contributed by atoms with Gasteiger partial charge in [0.25, 0.3) is 0 Å². The van der Waals surface area contributed by atoms with Crippen molar-refractivity contribution in [1.82, 2.24) is 0 Å². The molecule has 0 saturated heterocycles. The molecule has 18 nitrogen and oxygen atoms in total. The van der Waals surface area contributed by atoms with Crippen LogP contribution in [0.15, 0.2) is 0 Å². The Bertz CT molecular complexity index is 800. The predicted molar refractivity (Wildman–Crippen MR) is 272 cm³/mol. The Morgan fingerprint density at radius 1 is 0.270 bits per heavy atom. The van der Waals surface area contributed by atoms with E-state index in [9.17, 15) is 0 Å². The Hall–Kier alpha value is 1.02. The Labute approximate surface area is 398 Å². The summed E-state index contributed by atoms with van der Waals surface area (Å²) in [5.41, 5.74) is 0. The van der Waals surface area contributed by atoms with Crippen molar-refractivity contribution in [2.24, 2.45) is 0 Å². The van der Waals surface area contributed by atoms with Gasteiger partial charge in [-0.25, -0.2) is 14.7 Å². The fraction of sp³-hybridized carbons (Fsp3) is 1.00. The average molecular weight is 1060 g/mol. The largest absolute Gasteiger partial charge is 0.500 e. The Kier molecular flexibility index (Phi) is 53.8. The van der Waals surface area contributed by atoms with Gasteiger partial charge in [0.15, 0.2) is 0 Å². The first-order valence-corrected chi connectivity index (χ1v) is 36.2. The van der Waals surface area contributed by atoms with E-state index in [0.717, 1.165) is 88.7 Å². The molecule has 26 heteroatoms. The third-order valence-corrected chi connectivity index (χ3v) is 33.0. The zero-order valence-corrected chi connectivity index (χ0v) is 53.6. The number of unbranched alkanes of at least 4 members (excludes halogenated alkanes) is 4. The molecule has 3 N–H and O–H groups in total. The van der Waals surface area contributed by atoms with Crippen molar-refractivity contribution < 1.29 is 83.5 Å². The van der Waals surface area contributed by atoms with Crippen LogP contribution in [0.3, 0.4) is 0 Å². The van der Waals surface area contributed by atoms with Crippen LogP contribution in [0.4, 0.5) is 0 Å². The van der Waals surface area contributed by atoms with Crippen LogP contribution in [0, 0.1) is 0 Å². The Balaban J connectivity index is -0.00000177. The minimum atomic E-state index is -2.67. The van der Waals surface area contributed by atoms with Gasteiger partial charge in [-0.2, -0.15) is 0 Å². The van der Waals surface area contributed by atoms with E-state index >= 15 is 0 Å². The van der Waals surface area contributed by atoms with Gasteiger partial charge in [-0.3, -0.25) is 15.8 Å². The number of rotatable bonds is 41. The Morgan fingerprint density at radius 2 is 0.444 bits per heavy atom. The smallest absolute Gasteiger partial charge is 0.428 e. The van der Waals surface area contributed by atoms with Crippen LogP contribution in [0.1, 0.15) is 70.6 Å².